The number of fused-ring (bicyclic) bond motifs is 1. The van der Waals surface area contributed by atoms with Gasteiger partial charge in [0.1, 0.15) is 0 Å². The van der Waals surface area contributed by atoms with Crippen molar-refractivity contribution in [2.45, 2.75) is 19.9 Å². The van der Waals surface area contributed by atoms with E-state index in [2.05, 4.69) is 39.6 Å². The lowest BCUT2D eigenvalue weighted by atomic mass is 10.0. The van der Waals surface area contributed by atoms with Crippen molar-refractivity contribution >= 4 is 23.0 Å². The van der Waals surface area contributed by atoms with Crippen molar-refractivity contribution in [3.05, 3.63) is 47.3 Å². The van der Waals surface area contributed by atoms with Gasteiger partial charge in [0.15, 0.2) is 5.11 Å². The van der Waals surface area contributed by atoms with E-state index in [1.807, 2.05) is 20.2 Å². The van der Waals surface area contributed by atoms with E-state index in [1.165, 1.54) is 11.1 Å². The van der Waals surface area contributed by atoms with Crippen molar-refractivity contribution in [1.29, 1.82) is 0 Å². The zero-order valence-corrected chi connectivity index (χ0v) is 12.6. The summed E-state index contributed by atoms with van der Waals surface area (Å²) in [6.07, 6.45) is 3.00. The summed E-state index contributed by atoms with van der Waals surface area (Å²) in [6, 6.07) is 8.57. The molecule has 0 unspecified atom stereocenters. The van der Waals surface area contributed by atoms with Crippen LogP contribution in [0.25, 0.3) is 0 Å². The van der Waals surface area contributed by atoms with Crippen molar-refractivity contribution in [3.63, 3.8) is 0 Å². The van der Waals surface area contributed by atoms with Crippen LogP contribution in [0.5, 0.6) is 0 Å². The van der Waals surface area contributed by atoms with Crippen LogP contribution in [-0.2, 0) is 20.0 Å². The van der Waals surface area contributed by atoms with E-state index in [0.29, 0.717) is 0 Å². The van der Waals surface area contributed by atoms with Crippen molar-refractivity contribution in [2.75, 3.05) is 11.9 Å². The number of nitrogens with one attached hydrogen (secondary N) is 1. The molecule has 5 heteroatoms. The van der Waals surface area contributed by atoms with E-state index < -0.39 is 0 Å². The fourth-order valence-corrected chi connectivity index (χ4v) is 2.85. The molecular formula is C15H18N4S. The number of aromatic nitrogens is 2. The second kappa shape index (κ2) is 5.25. The van der Waals surface area contributed by atoms with Crippen molar-refractivity contribution in [1.82, 2.24) is 14.7 Å². The summed E-state index contributed by atoms with van der Waals surface area (Å²) in [7, 11) is 1.92. The molecule has 1 N–H and O–H groups in total. The van der Waals surface area contributed by atoms with E-state index in [1.54, 1.807) is 4.68 Å². The van der Waals surface area contributed by atoms with Gasteiger partial charge >= 0.3 is 0 Å². The first-order valence-electron chi connectivity index (χ1n) is 6.76. The molecule has 0 radical (unpaired) electrons. The third kappa shape index (κ3) is 2.54. The van der Waals surface area contributed by atoms with Gasteiger partial charge in [-0.1, -0.05) is 24.3 Å². The largest absolute Gasteiger partial charge is 0.344 e. The second-order valence-electron chi connectivity index (χ2n) is 5.17. The standard InChI is InChI=1S/C15H18N4S/c1-11-14(10-18(2)17-11)16-15(20)19-8-7-12-5-3-4-6-13(12)9-19/h3-6,10H,7-9H2,1-2H3,(H,16,20). The number of nitrogens with zero attached hydrogens (tertiary/aromatic N) is 3. The Morgan fingerprint density at radius 3 is 2.75 bits per heavy atom. The minimum atomic E-state index is 0.774. The maximum atomic E-state index is 5.53. The van der Waals surface area contributed by atoms with Gasteiger partial charge in [0, 0.05) is 26.3 Å². The molecular weight excluding hydrogens is 268 g/mol. The Morgan fingerprint density at radius 2 is 2.05 bits per heavy atom. The summed E-state index contributed by atoms with van der Waals surface area (Å²) in [5.74, 6) is 0. The lowest BCUT2D eigenvalue weighted by Crippen LogP contribution is -2.38. The third-order valence-electron chi connectivity index (χ3n) is 3.67. The number of hydrogen-bond donors (Lipinski definition) is 1. The van der Waals surface area contributed by atoms with Gasteiger partial charge in [0.05, 0.1) is 11.4 Å². The molecule has 0 amide bonds. The van der Waals surface area contributed by atoms with E-state index in [9.17, 15) is 0 Å². The Hall–Kier alpha value is -1.88. The maximum absolute atomic E-state index is 5.53. The molecule has 0 aliphatic carbocycles. The van der Waals surface area contributed by atoms with Crippen molar-refractivity contribution in [2.24, 2.45) is 7.05 Å². The average Bonchev–Trinajstić information content (AvgIpc) is 2.76. The number of aryl methyl sites for hydroxylation is 2. The minimum absolute atomic E-state index is 0.774. The molecule has 0 fully saturated rings. The van der Waals surface area contributed by atoms with E-state index >= 15 is 0 Å². The highest BCUT2D eigenvalue weighted by Crippen LogP contribution is 2.20. The summed E-state index contributed by atoms with van der Waals surface area (Å²) in [5.41, 5.74) is 4.75. The molecule has 2 heterocycles. The Kier molecular flexibility index (Phi) is 3.44. The van der Waals surface area contributed by atoms with Gasteiger partial charge in [-0.15, -0.1) is 0 Å². The molecule has 0 saturated carbocycles. The fourth-order valence-electron chi connectivity index (χ4n) is 2.59. The Labute approximate surface area is 124 Å². The highest BCUT2D eigenvalue weighted by Gasteiger charge is 2.18. The SMILES string of the molecule is Cc1nn(C)cc1NC(=S)N1CCc2ccccc2C1. The quantitative estimate of drug-likeness (QED) is 0.817. The molecule has 1 aliphatic heterocycles. The van der Waals surface area contributed by atoms with Crippen LogP contribution >= 0.6 is 12.2 Å². The molecule has 4 nitrogen and oxygen atoms in total. The molecule has 3 rings (SSSR count). The van der Waals surface area contributed by atoms with Gasteiger partial charge in [-0.25, -0.2) is 0 Å². The lowest BCUT2D eigenvalue weighted by molar-refractivity contribution is 0.399. The van der Waals surface area contributed by atoms with Crippen LogP contribution in [0.1, 0.15) is 16.8 Å². The van der Waals surface area contributed by atoms with Crippen LogP contribution < -0.4 is 5.32 Å². The first kappa shape index (κ1) is 13.1. The van der Waals surface area contributed by atoms with Crippen LogP contribution in [0.15, 0.2) is 30.5 Å². The zero-order valence-electron chi connectivity index (χ0n) is 11.8. The topological polar surface area (TPSA) is 33.1 Å². The van der Waals surface area contributed by atoms with Crippen LogP contribution in [-0.4, -0.2) is 26.3 Å². The van der Waals surface area contributed by atoms with Gasteiger partial charge in [0.25, 0.3) is 0 Å². The molecule has 0 spiro atoms. The summed E-state index contributed by atoms with van der Waals surface area (Å²) >= 11 is 5.53. The number of thiocarbonyl (C=S) groups is 1. The monoisotopic (exact) mass is 286 g/mol. The number of rotatable bonds is 1. The third-order valence-corrected chi connectivity index (χ3v) is 4.03. The average molecular weight is 286 g/mol. The minimum Gasteiger partial charge on any atom is -0.344 e. The van der Waals surface area contributed by atoms with Crippen LogP contribution in [0, 0.1) is 6.92 Å². The second-order valence-corrected chi connectivity index (χ2v) is 5.56. The Morgan fingerprint density at radius 1 is 1.30 bits per heavy atom. The number of anilines is 1. The molecule has 2 aromatic rings. The summed E-state index contributed by atoms with van der Waals surface area (Å²) in [4.78, 5) is 2.21. The van der Waals surface area contributed by atoms with Crippen LogP contribution in [0.2, 0.25) is 0 Å². The van der Waals surface area contributed by atoms with E-state index in [4.69, 9.17) is 12.2 Å². The molecule has 1 aromatic heterocycles. The predicted molar refractivity (Wildman–Crippen MR) is 84.7 cm³/mol. The lowest BCUT2D eigenvalue weighted by Gasteiger charge is -2.31. The molecule has 1 aliphatic rings. The molecule has 0 atom stereocenters. The zero-order chi connectivity index (χ0) is 14.1. The fraction of sp³-hybridized carbons (Fsp3) is 0.333. The predicted octanol–water partition coefficient (Wildman–Crippen LogP) is 2.48. The van der Waals surface area contributed by atoms with E-state index in [0.717, 1.165) is 36.0 Å². The number of hydrogen-bond acceptors (Lipinski definition) is 2. The van der Waals surface area contributed by atoms with Crippen molar-refractivity contribution < 1.29 is 0 Å². The first-order chi connectivity index (χ1) is 9.63. The molecule has 104 valence electrons. The first-order valence-corrected chi connectivity index (χ1v) is 7.17. The van der Waals surface area contributed by atoms with Crippen molar-refractivity contribution in [3.8, 4) is 0 Å². The Bertz CT molecular complexity index is 647. The van der Waals surface area contributed by atoms with Crippen LogP contribution in [0.3, 0.4) is 0 Å². The van der Waals surface area contributed by atoms with Gasteiger partial charge < -0.3 is 10.2 Å². The van der Waals surface area contributed by atoms with Gasteiger partial charge in [-0.05, 0) is 36.7 Å². The Balaban J connectivity index is 1.72. The molecule has 0 saturated heterocycles. The smallest absolute Gasteiger partial charge is 0.173 e. The highest BCUT2D eigenvalue weighted by atomic mass is 32.1. The summed E-state index contributed by atoms with van der Waals surface area (Å²) in [6.45, 7) is 3.82. The normalized spacial score (nSPS) is 14.0. The summed E-state index contributed by atoms with van der Waals surface area (Å²) in [5, 5.41) is 8.40. The van der Waals surface area contributed by atoms with Gasteiger partial charge in [-0.3, -0.25) is 4.68 Å². The van der Waals surface area contributed by atoms with Gasteiger partial charge in [0.2, 0.25) is 0 Å². The number of benzene rings is 1. The summed E-state index contributed by atoms with van der Waals surface area (Å²) < 4.78 is 1.80. The van der Waals surface area contributed by atoms with Crippen LogP contribution in [0.4, 0.5) is 5.69 Å². The maximum Gasteiger partial charge on any atom is 0.173 e. The molecule has 1 aromatic carbocycles. The van der Waals surface area contributed by atoms with E-state index in [-0.39, 0.29) is 0 Å². The molecule has 0 bridgehead atoms. The highest BCUT2D eigenvalue weighted by molar-refractivity contribution is 7.80. The van der Waals surface area contributed by atoms with Gasteiger partial charge in [-0.2, -0.15) is 5.10 Å². The molecule has 20 heavy (non-hydrogen) atoms.